The normalized spacial score (nSPS) is 27.6. The van der Waals surface area contributed by atoms with E-state index in [1.165, 1.54) is 0 Å². The first-order valence-electron chi connectivity index (χ1n) is 13.4. The van der Waals surface area contributed by atoms with Gasteiger partial charge in [-0.1, -0.05) is 72.8 Å². The van der Waals surface area contributed by atoms with Gasteiger partial charge in [0, 0.05) is 32.6 Å². The molecule has 2 spiro atoms. The van der Waals surface area contributed by atoms with Gasteiger partial charge in [-0.3, -0.25) is 19.3 Å². The number of benzene rings is 4. The molecule has 40 heavy (non-hydrogen) atoms. The predicted octanol–water partition coefficient (Wildman–Crippen LogP) is 5.44. The summed E-state index contributed by atoms with van der Waals surface area (Å²) in [4.78, 5) is 46.5. The minimum absolute atomic E-state index is 0.207. The molecule has 0 radical (unpaired) electrons. The third kappa shape index (κ3) is 2.79. The zero-order valence-corrected chi connectivity index (χ0v) is 23.5. The van der Waals surface area contributed by atoms with E-state index in [0.717, 1.165) is 25.8 Å². The van der Waals surface area contributed by atoms with Crippen molar-refractivity contribution in [3.63, 3.8) is 0 Å². The molecule has 1 fully saturated rings. The van der Waals surface area contributed by atoms with Crippen LogP contribution in [-0.2, 0) is 27.0 Å². The second-order valence-corrected chi connectivity index (χ2v) is 12.2. The Balaban J connectivity index is 1.54. The van der Waals surface area contributed by atoms with Gasteiger partial charge in [0.05, 0.1) is 12.0 Å². The maximum absolute atomic E-state index is 15.0. The molecule has 8 rings (SSSR count). The standard InChI is InChI=1S/C33H24IN3O3/c34-21-14-15-26-24(18-21)33(31(40)36-26)28(27(38)20-9-2-1-3-10-20)32(23-12-6-7-13-25(23)35-30(32)39)29-22-11-5-4-8-19(22)16-17-37(29)33/h1-15,18,28-29H,16-17H2,(H,35,39)(H,36,40)/t28-,29-,32-,33-/m1/s1. The lowest BCUT2D eigenvalue weighted by atomic mass is 9.59. The van der Waals surface area contributed by atoms with Gasteiger partial charge in [0.15, 0.2) is 5.78 Å². The average molecular weight is 637 g/mol. The van der Waals surface area contributed by atoms with Crippen LogP contribution in [0.1, 0.15) is 38.7 Å². The van der Waals surface area contributed by atoms with Crippen LogP contribution in [-0.4, -0.2) is 29.0 Å². The van der Waals surface area contributed by atoms with Crippen LogP contribution in [0.2, 0.25) is 0 Å². The number of nitrogens with zero attached hydrogens (tertiary/aromatic N) is 1. The average Bonchev–Trinajstić information content (AvgIpc) is 3.55. The minimum Gasteiger partial charge on any atom is -0.325 e. The summed E-state index contributed by atoms with van der Waals surface area (Å²) in [5, 5.41) is 6.26. The summed E-state index contributed by atoms with van der Waals surface area (Å²) in [5.41, 5.74) is 2.83. The number of halogens is 1. The Labute approximate surface area is 244 Å². The summed E-state index contributed by atoms with van der Waals surface area (Å²) in [6.07, 6.45) is 0.715. The molecule has 0 aromatic heterocycles. The van der Waals surface area contributed by atoms with E-state index in [4.69, 9.17) is 0 Å². The summed E-state index contributed by atoms with van der Waals surface area (Å²) in [6.45, 7) is 0.537. The van der Waals surface area contributed by atoms with Gasteiger partial charge in [-0.15, -0.1) is 0 Å². The third-order valence-corrected chi connectivity index (χ3v) is 10.0. The van der Waals surface area contributed by atoms with Crippen molar-refractivity contribution in [2.45, 2.75) is 23.4 Å². The molecule has 0 saturated carbocycles. The number of anilines is 2. The highest BCUT2D eigenvalue weighted by atomic mass is 127. The molecule has 6 nitrogen and oxygen atoms in total. The Hall–Kier alpha value is -3.82. The van der Waals surface area contributed by atoms with Crippen molar-refractivity contribution in [1.82, 2.24) is 4.90 Å². The molecule has 4 heterocycles. The van der Waals surface area contributed by atoms with E-state index < -0.39 is 22.9 Å². The van der Waals surface area contributed by atoms with E-state index in [1.807, 2.05) is 72.8 Å². The topological polar surface area (TPSA) is 78.5 Å². The van der Waals surface area contributed by atoms with Crippen molar-refractivity contribution < 1.29 is 14.4 Å². The number of amides is 2. The number of para-hydroxylation sites is 1. The molecule has 4 aliphatic heterocycles. The van der Waals surface area contributed by atoms with E-state index in [2.05, 4.69) is 50.3 Å². The molecule has 4 aliphatic rings. The largest absolute Gasteiger partial charge is 0.325 e. The summed E-state index contributed by atoms with van der Waals surface area (Å²) in [5.74, 6) is -1.71. The molecule has 1 saturated heterocycles. The molecule has 2 amide bonds. The Kier molecular flexibility index (Phi) is 5.01. The van der Waals surface area contributed by atoms with Gasteiger partial charge >= 0.3 is 0 Å². The number of rotatable bonds is 2. The van der Waals surface area contributed by atoms with Crippen molar-refractivity contribution >= 4 is 51.6 Å². The number of carbonyl (C=O) groups is 3. The molecule has 4 aromatic carbocycles. The van der Waals surface area contributed by atoms with Crippen LogP contribution in [0.4, 0.5) is 11.4 Å². The molecule has 2 N–H and O–H groups in total. The molecule has 4 aromatic rings. The molecule has 0 bridgehead atoms. The number of hydrogen-bond donors (Lipinski definition) is 2. The van der Waals surface area contributed by atoms with Crippen LogP contribution in [0, 0.1) is 9.49 Å². The number of ketones is 1. The van der Waals surface area contributed by atoms with E-state index in [9.17, 15) is 9.59 Å². The van der Waals surface area contributed by atoms with Crippen LogP contribution < -0.4 is 10.6 Å². The molecule has 0 unspecified atom stereocenters. The first-order valence-corrected chi connectivity index (χ1v) is 14.5. The number of nitrogens with one attached hydrogen (secondary N) is 2. The minimum atomic E-state index is -1.38. The predicted molar refractivity (Wildman–Crippen MR) is 160 cm³/mol. The Morgan fingerprint density at radius 2 is 1.50 bits per heavy atom. The highest BCUT2D eigenvalue weighted by Gasteiger charge is 2.79. The fraction of sp³-hybridized carbons (Fsp3) is 0.182. The Bertz CT molecular complexity index is 1770. The zero-order chi connectivity index (χ0) is 27.2. The molecular weight excluding hydrogens is 613 g/mol. The lowest BCUT2D eigenvalue weighted by Crippen LogP contribution is -2.55. The summed E-state index contributed by atoms with van der Waals surface area (Å²) in [6, 6.07) is 30.3. The number of Topliss-reactive ketones (excluding diaryl/α,β-unsaturated/α-hetero) is 1. The van der Waals surface area contributed by atoms with Crippen LogP contribution in [0.25, 0.3) is 0 Å². The van der Waals surface area contributed by atoms with E-state index in [-0.39, 0.29) is 17.6 Å². The first-order chi connectivity index (χ1) is 19.5. The van der Waals surface area contributed by atoms with Crippen LogP contribution >= 0.6 is 22.6 Å². The van der Waals surface area contributed by atoms with Crippen molar-refractivity contribution in [3.8, 4) is 0 Å². The maximum Gasteiger partial charge on any atom is 0.250 e. The lowest BCUT2D eigenvalue weighted by molar-refractivity contribution is -0.128. The van der Waals surface area contributed by atoms with E-state index >= 15 is 4.79 Å². The van der Waals surface area contributed by atoms with E-state index in [1.54, 1.807) is 12.1 Å². The van der Waals surface area contributed by atoms with Crippen molar-refractivity contribution in [1.29, 1.82) is 0 Å². The highest BCUT2D eigenvalue weighted by Crippen LogP contribution is 2.69. The number of hydrogen-bond acceptors (Lipinski definition) is 4. The first kappa shape index (κ1) is 24.0. The Morgan fingerprint density at radius 3 is 2.35 bits per heavy atom. The van der Waals surface area contributed by atoms with Crippen molar-refractivity contribution in [2.75, 3.05) is 17.2 Å². The molecule has 196 valence electrons. The van der Waals surface area contributed by atoms with Crippen molar-refractivity contribution in [2.24, 2.45) is 5.92 Å². The Morgan fingerprint density at radius 1 is 0.800 bits per heavy atom. The number of carbonyl (C=O) groups excluding carboxylic acids is 3. The van der Waals surface area contributed by atoms with Crippen LogP contribution in [0.15, 0.2) is 97.1 Å². The van der Waals surface area contributed by atoms with Gasteiger partial charge in [0.25, 0.3) is 0 Å². The quantitative estimate of drug-likeness (QED) is 0.227. The van der Waals surface area contributed by atoms with Crippen LogP contribution in [0.5, 0.6) is 0 Å². The van der Waals surface area contributed by atoms with Crippen LogP contribution in [0.3, 0.4) is 0 Å². The van der Waals surface area contributed by atoms with Gasteiger partial charge in [0.1, 0.15) is 11.0 Å². The summed E-state index contributed by atoms with van der Waals surface area (Å²) in [7, 11) is 0. The molecular formula is C33H24IN3O3. The number of fused-ring (bicyclic) bond motifs is 9. The van der Waals surface area contributed by atoms with Gasteiger partial charge in [-0.25, -0.2) is 0 Å². The molecule has 7 heteroatoms. The highest BCUT2D eigenvalue weighted by molar-refractivity contribution is 14.1. The summed E-state index contributed by atoms with van der Waals surface area (Å²) < 4.78 is 0.962. The second kappa shape index (κ2) is 8.34. The smallest absolute Gasteiger partial charge is 0.250 e. The lowest BCUT2D eigenvalue weighted by Gasteiger charge is -2.42. The fourth-order valence-electron chi connectivity index (χ4n) is 7.97. The molecule has 0 aliphatic carbocycles. The summed E-state index contributed by atoms with van der Waals surface area (Å²) >= 11 is 2.26. The van der Waals surface area contributed by atoms with Crippen molar-refractivity contribution in [3.05, 3.63) is 128 Å². The third-order valence-electron chi connectivity index (χ3n) is 9.34. The fourth-order valence-corrected chi connectivity index (χ4v) is 8.46. The molecule has 4 atom stereocenters. The zero-order valence-electron chi connectivity index (χ0n) is 21.4. The SMILES string of the molecule is O=C(c1ccccc1)[C@@H]1[C@@]2(C(=O)Nc3ccccc32)[C@H]2c3ccccc3CCN2[C@@]12C(=O)Nc1ccc(I)cc12. The van der Waals surface area contributed by atoms with Gasteiger partial charge in [0.2, 0.25) is 11.8 Å². The van der Waals surface area contributed by atoms with Gasteiger partial charge < -0.3 is 10.6 Å². The van der Waals surface area contributed by atoms with Gasteiger partial charge in [-0.2, -0.15) is 0 Å². The van der Waals surface area contributed by atoms with Gasteiger partial charge in [-0.05, 0) is 70.0 Å². The monoisotopic (exact) mass is 637 g/mol. The second-order valence-electron chi connectivity index (χ2n) is 11.0. The van der Waals surface area contributed by atoms with E-state index in [0.29, 0.717) is 29.9 Å². The maximum atomic E-state index is 15.0.